The molecular formula is C28H20Br2FNO4. The summed E-state index contributed by atoms with van der Waals surface area (Å²) in [5, 5.41) is 3.27. The minimum atomic E-state index is -0.665. The van der Waals surface area contributed by atoms with Crippen molar-refractivity contribution in [3.05, 3.63) is 115 Å². The van der Waals surface area contributed by atoms with Crippen molar-refractivity contribution in [2.45, 2.75) is 19.4 Å². The number of ether oxygens (including phenoxy) is 2. The van der Waals surface area contributed by atoms with Gasteiger partial charge in [-0.25, -0.2) is 9.18 Å². The average molecular weight is 613 g/mol. The van der Waals surface area contributed by atoms with Gasteiger partial charge in [0.2, 0.25) is 0 Å². The molecule has 0 spiro atoms. The fourth-order valence-electron chi connectivity index (χ4n) is 4.69. The molecule has 1 heterocycles. The summed E-state index contributed by atoms with van der Waals surface area (Å²) >= 11 is 7.13. The lowest BCUT2D eigenvalue weighted by molar-refractivity contribution is -0.136. The molecule has 5 nitrogen and oxygen atoms in total. The number of Topliss-reactive ketones (excluding diaryl/α,β-unsaturated/α-hetero) is 1. The second-order valence-corrected chi connectivity index (χ2v) is 10.2. The van der Waals surface area contributed by atoms with Crippen LogP contribution in [0.5, 0.6) is 5.75 Å². The zero-order valence-corrected chi connectivity index (χ0v) is 22.5. The third-order valence-electron chi connectivity index (χ3n) is 6.34. The quantitative estimate of drug-likeness (QED) is 0.326. The van der Waals surface area contributed by atoms with Gasteiger partial charge in [-0.1, -0.05) is 42.5 Å². The molecule has 1 N–H and O–H groups in total. The van der Waals surface area contributed by atoms with Crippen molar-refractivity contribution in [3.8, 4) is 5.75 Å². The lowest BCUT2D eigenvalue weighted by Crippen LogP contribution is -2.29. The van der Waals surface area contributed by atoms with Crippen molar-refractivity contribution in [1.82, 2.24) is 5.32 Å². The number of hydrogen-bond acceptors (Lipinski definition) is 5. The molecule has 0 bridgehead atoms. The average Bonchev–Trinajstić information content (AvgIpc) is 3.14. The number of rotatable bonds is 5. The van der Waals surface area contributed by atoms with Gasteiger partial charge >= 0.3 is 5.97 Å². The minimum Gasteiger partial charge on any atom is -0.486 e. The lowest BCUT2D eigenvalue weighted by atomic mass is 9.80. The zero-order chi connectivity index (χ0) is 25.6. The van der Waals surface area contributed by atoms with Crippen LogP contribution in [0.4, 0.5) is 4.39 Å². The number of allylic oxidation sites excluding steroid dienone is 2. The molecule has 1 atom stereocenters. The Balaban J connectivity index is 1.59. The van der Waals surface area contributed by atoms with Crippen molar-refractivity contribution in [1.29, 1.82) is 0 Å². The molecule has 3 aromatic rings. The van der Waals surface area contributed by atoms with E-state index in [2.05, 4.69) is 37.2 Å². The van der Waals surface area contributed by atoms with Crippen molar-refractivity contribution in [2.75, 3.05) is 7.11 Å². The fourth-order valence-corrected chi connectivity index (χ4v) is 6.14. The van der Waals surface area contributed by atoms with E-state index >= 15 is 0 Å². The standard InChI is InChI=1S/C28H20Br2FNO4/c1-14-22(28(34)35-2)23(24-25(32-14)17-8-4-5-9-18(17)26(24)33)16-11-19(29)27(20(30)12-16)36-13-15-7-3-6-10-21(15)31/h3-12,23,32H,13H2,1-2H3/t23-/m0/s1. The van der Waals surface area contributed by atoms with Crippen molar-refractivity contribution >= 4 is 49.3 Å². The molecular weight excluding hydrogens is 593 g/mol. The van der Waals surface area contributed by atoms with E-state index in [1.54, 1.807) is 31.2 Å². The monoisotopic (exact) mass is 611 g/mol. The number of carbonyl (C=O) groups excluding carboxylic acids is 2. The minimum absolute atomic E-state index is 0.0338. The predicted octanol–water partition coefficient (Wildman–Crippen LogP) is 6.67. The number of methoxy groups -OCH3 is 1. The highest BCUT2D eigenvalue weighted by Crippen LogP contribution is 2.48. The van der Waals surface area contributed by atoms with E-state index < -0.39 is 11.9 Å². The number of esters is 1. The van der Waals surface area contributed by atoms with E-state index in [1.807, 2.05) is 30.3 Å². The molecule has 1 aliphatic carbocycles. The molecule has 8 heteroatoms. The van der Waals surface area contributed by atoms with Crippen LogP contribution in [0.1, 0.15) is 39.9 Å². The molecule has 182 valence electrons. The first-order valence-corrected chi connectivity index (χ1v) is 12.7. The third kappa shape index (κ3) is 4.08. The highest BCUT2D eigenvalue weighted by atomic mass is 79.9. The Hall–Kier alpha value is -3.23. The maximum Gasteiger partial charge on any atom is 0.336 e. The van der Waals surface area contributed by atoms with Gasteiger partial charge in [-0.3, -0.25) is 4.79 Å². The number of ketones is 1. The van der Waals surface area contributed by atoms with E-state index in [1.165, 1.54) is 13.2 Å². The number of carbonyl (C=O) groups is 2. The van der Waals surface area contributed by atoms with Crippen LogP contribution in [0.2, 0.25) is 0 Å². The van der Waals surface area contributed by atoms with Crippen LogP contribution >= 0.6 is 31.9 Å². The van der Waals surface area contributed by atoms with E-state index in [9.17, 15) is 14.0 Å². The maximum absolute atomic E-state index is 14.1. The van der Waals surface area contributed by atoms with E-state index in [0.717, 1.165) is 5.56 Å². The Morgan fingerprint density at radius 2 is 1.67 bits per heavy atom. The summed E-state index contributed by atoms with van der Waals surface area (Å²) in [6.45, 7) is 1.83. The summed E-state index contributed by atoms with van der Waals surface area (Å²) in [6.07, 6.45) is 0. The summed E-state index contributed by atoms with van der Waals surface area (Å²) in [5.41, 5.74) is 4.66. The van der Waals surface area contributed by atoms with Gasteiger partial charge < -0.3 is 14.8 Å². The van der Waals surface area contributed by atoms with Crippen LogP contribution in [-0.4, -0.2) is 18.9 Å². The Morgan fingerprint density at radius 1 is 1.03 bits per heavy atom. The molecule has 0 saturated carbocycles. The molecule has 0 amide bonds. The maximum atomic E-state index is 14.1. The van der Waals surface area contributed by atoms with E-state index in [4.69, 9.17) is 9.47 Å². The fraction of sp³-hybridized carbons (Fsp3) is 0.143. The Labute approximate surface area is 224 Å². The smallest absolute Gasteiger partial charge is 0.336 e. The van der Waals surface area contributed by atoms with E-state index in [0.29, 0.717) is 53.9 Å². The van der Waals surface area contributed by atoms with Gasteiger partial charge in [0, 0.05) is 33.9 Å². The summed E-state index contributed by atoms with van der Waals surface area (Å²) in [5.74, 6) is -1.20. The largest absolute Gasteiger partial charge is 0.486 e. The molecule has 5 rings (SSSR count). The zero-order valence-electron chi connectivity index (χ0n) is 19.3. The van der Waals surface area contributed by atoms with Crippen LogP contribution in [0.15, 0.2) is 86.5 Å². The number of hydrogen-bond donors (Lipinski definition) is 1. The van der Waals surface area contributed by atoms with E-state index in [-0.39, 0.29) is 18.2 Å². The first-order chi connectivity index (χ1) is 17.3. The van der Waals surface area contributed by atoms with Crippen LogP contribution < -0.4 is 10.1 Å². The number of halogens is 3. The first-order valence-electron chi connectivity index (χ1n) is 11.1. The molecule has 1 aliphatic heterocycles. The molecule has 3 aromatic carbocycles. The van der Waals surface area contributed by atoms with Gasteiger partial charge in [0.05, 0.1) is 27.3 Å². The molecule has 0 unspecified atom stereocenters. The van der Waals surface area contributed by atoms with Crippen molar-refractivity contribution in [3.63, 3.8) is 0 Å². The molecule has 2 aliphatic rings. The number of benzene rings is 3. The van der Waals surface area contributed by atoms with Crippen LogP contribution in [-0.2, 0) is 16.1 Å². The normalized spacial score (nSPS) is 16.5. The van der Waals surface area contributed by atoms with Crippen molar-refractivity contribution < 1.29 is 23.5 Å². The topological polar surface area (TPSA) is 64.6 Å². The SMILES string of the molecule is COC(=O)C1=C(C)NC2=C(C(=O)c3ccccc32)[C@H]1c1cc(Br)c(OCc2ccccc2F)c(Br)c1. The Bertz CT molecular complexity index is 1470. The van der Waals surface area contributed by atoms with Gasteiger partial charge in [0.25, 0.3) is 0 Å². The van der Waals surface area contributed by atoms with Crippen LogP contribution in [0.3, 0.4) is 0 Å². The molecule has 0 saturated heterocycles. The summed E-state index contributed by atoms with van der Waals surface area (Å²) < 4.78 is 26.3. The van der Waals surface area contributed by atoms with Crippen LogP contribution in [0, 0.1) is 5.82 Å². The third-order valence-corrected chi connectivity index (χ3v) is 7.52. The molecule has 36 heavy (non-hydrogen) atoms. The van der Waals surface area contributed by atoms with Gasteiger partial charge in [-0.05, 0) is 62.5 Å². The molecule has 0 fully saturated rings. The predicted molar refractivity (Wildman–Crippen MR) is 141 cm³/mol. The van der Waals surface area contributed by atoms with Gasteiger partial charge in [0.1, 0.15) is 18.2 Å². The summed E-state index contributed by atoms with van der Waals surface area (Å²) in [4.78, 5) is 26.5. The molecule has 0 radical (unpaired) electrons. The summed E-state index contributed by atoms with van der Waals surface area (Å²) in [7, 11) is 1.32. The highest BCUT2D eigenvalue weighted by molar-refractivity contribution is 9.11. The summed E-state index contributed by atoms with van der Waals surface area (Å²) in [6, 6.07) is 17.4. The van der Waals surface area contributed by atoms with Gasteiger partial charge in [-0.2, -0.15) is 0 Å². The van der Waals surface area contributed by atoms with Crippen molar-refractivity contribution in [2.24, 2.45) is 0 Å². The van der Waals surface area contributed by atoms with Gasteiger partial charge in [-0.15, -0.1) is 0 Å². The van der Waals surface area contributed by atoms with Gasteiger partial charge in [0.15, 0.2) is 5.78 Å². The second-order valence-electron chi connectivity index (χ2n) is 8.45. The van der Waals surface area contributed by atoms with Crippen LogP contribution in [0.25, 0.3) is 5.70 Å². The lowest BCUT2D eigenvalue weighted by Gasteiger charge is -2.29. The Kier molecular flexibility index (Phi) is 6.57. The number of dihydropyridines is 1. The molecule has 0 aromatic heterocycles. The number of fused-ring (bicyclic) bond motifs is 2. The Morgan fingerprint density at radius 3 is 2.33 bits per heavy atom. The highest BCUT2D eigenvalue weighted by Gasteiger charge is 2.43. The number of nitrogens with one attached hydrogen (secondary N) is 1. The second kappa shape index (κ2) is 9.67. The first kappa shape index (κ1) is 24.5.